The van der Waals surface area contributed by atoms with Crippen molar-refractivity contribution in [3.05, 3.63) is 54.1 Å². The Balaban J connectivity index is 1.43. The summed E-state index contributed by atoms with van der Waals surface area (Å²) in [6, 6.07) is 13.9. The van der Waals surface area contributed by atoms with Crippen LogP contribution in [0.15, 0.2) is 53.4 Å². The van der Waals surface area contributed by atoms with Gasteiger partial charge in [0.05, 0.1) is 11.4 Å². The summed E-state index contributed by atoms with van der Waals surface area (Å²) in [5.74, 6) is 1.00. The number of amides is 1. The van der Waals surface area contributed by atoms with Crippen LogP contribution < -0.4 is 14.8 Å². The molecule has 7 nitrogen and oxygen atoms in total. The highest BCUT2D eigenvalue weighted by atomic mass is 32.2. The Labute approximate surface area is 178 Å². The van der Waals surface area contributed by atoms with E-state index in [1.54, 1.807) is 31.2 Å². The quantitative estimate of drug-likeness (QED) is 0.616. The second-order valence-electron chi connectivity index (χ2n) is 7.25. The minimum atomic E-state index is -3.42. The third-order valence-corrected chi connectivity index (χ3v) is 6.88. The molecule has 1 aliphatic heterocycles. The predicted octanol–water partition coefficient (Wildman–Crippen LogP) is 2.74. The molecule has 0 bridgehead atoms. The second-order valence-corrected chi connectivity index (χ2v) is 9.19. The maximum atomic E-state index is 12.5. The minimum Gasteiger partial charge on any atom is -0.492 e. The summed E-state index contributed by atoms with van der Waals surface area (Å²) in [6.45, 7) is 5.35. The number of nitrogens with zero attached hydrogens (tertiary/aromatic N) is 1. The fourth-order valence-electron chi connectivity index (χ4n) is 3.20. The largest absolute Gasteiger partial charge is 0.492 e. The highest BCUT2D eigenvalue weighted by Crippen LogP contribution is 2.23. The van der Waals surface area contributed by atoms with Crippen LogP contribution in [0.3, 0.4) is 0 Å². The van der Waals surface area contributed by atoms with Gasteiger partial charge in [-0.1, -0.05) is 18.2 Å². The molecule has 0 aromatic heterocycles. The molecule has 1 amide bonds. The molecule has 0 aliphatic carbocycles. The topological polar surface area (TPSA) is 84.9 Å². The zero-order valence-electron chi connectivity index (χ0n) is 17.3. The molecule has 0 radical (unpaired) electrons. The van der Waals surface area contributed by atoms with E-state index in [4.69, 9.17) is 9.47 Å². The Kier molecular flexibility index (Phi) is 7.33. The van der Waals surface area contributed by atoms with Gasteiger partial charge in [-0.3, -0.25) is 4.79 Å². The van der Waals surface area contributed by atoms with Gasteiger partial charge >= 0.3 is 0 Å². The molecule has 1 aliphatic rings. The van der Waals surface area contributed by atoms with Gasteiger partial charge in [-0.2, -0.15) is 4.31 Å². The summed E-state index contributed by atoms with van der Waals surface area (Å²) in [5, 5.41) is 2.77. The van der Waals surface area contributed by atoms with Crippen molar-refractivity contribution in [3.63, 3.8) is 0 Å². The Morgan fingerprint density at radius 3 is 2.43 bits per heavy atom. The number of aryl methyl sites for hydroxylation is 1. The molecular formula is C22H28N2O5S. The first-order valence-electron chi connectivity index (χ1n) is 10.1. The van der Waals surface area contributed by atoms with Crippen LogP contribution >= 0.6 is 0 Å². The standard InChI is InChI=1S/C22H28N2O5S/c1-17-7-3-4-8-21(17)29-18(2)22(25)23-13-16-28-19-9-11-20(12-10-19)30(26,27)24-14-5-6-15-24/h3-4,7-12,18H,5-6,13-16H2,1-2H3,(H,23,25)/t18-/m0/s1. The molecule has 162 valence electrons. The fraction of sp³-hybridized carbons (Fsp3) is 0.409. The van der Waals surface area contributed by atoms with Gasteiger partial charge < -0.3 is 14.8 Å². The summed E-state index contributed by atoms with van der Waals surface area (Å²) < 4.78 is 37.9. The third kappa shape index (κ3) is 5.52. The zero-order valence-corrected chi connectivity index (χ0v) is 18.2. The second kappa shape index (κ2) is 9.95. The van der Waals surface area contributed by atoms with E-state index in [9.17, 15) is 13.2 Å². The lowest BCUT2D eigenvalue weighted by atomic mass is 10.2. The predicted molar refractivity (Wildman–Crippen MR) is 114 cm³/mol. The molecule has 1 N–H and O–H groups in total. The van der Waals surface area contributed by atoms with E-state index in [0.717, 1.165) is 18.4 Å². The molecule has 2 aromatic rings. The van der Waals surface area contributed by atoms with Crippen LogP contribution in [0.5, 0.6) is 11.5 Å². The number of rotatable bonds is 9. The van der Waals surface area contributed by atoms with Gasteiger partial charge in [0.2, 0.25) is 10.0 Å². The van der Waals surface area contributed by atoms with Crippen molar-refractivity contribution in [2.75, 3.05) is 26.2 Å². The van der Waals surface area contributed by atoms with Crippen molar-refractivity contribution in [1.82, 2.24) is 9.62 Å². The zero-order chi connectivity index (χ0) is 21.6. The fourth-order valence-corrected chi connectivity index (χ4v) is 4.72. The summed E-state index contributed by atoms with van der Waals surface area (Å²) in [4.78, 5) is 12.5. The molecular weight excluding hydrogens is 404 g/mol. The molecule has 2 aromatic carbocycles. The minimum absolute atomic E-state index is 0.228. The van der Waals surface area contributed by atoms with Crippen molar-refractivity contribution in [1.29, 1.82) is 0 Å². The van der Waals surface area contributed by atoms with E-state index >= 15 is 0 Å². The van der Waals surface area contributed by atoms with E-state index in [2.05, 4.69) is 5.32 Å². The van der Waals surface area contributed by atoms with Gasteiger partial charge in [0.25, 0.3) is 5.91 Å². The Hall–Kier alpha value is -2.58. The van der Waals surface area contributed by atoms with Crippen LogP contribution in [0.2, 0.25) is 0 Å². The summed E-state index contributed by atoms with van der Waals surface area (Å²) >= 11 is 0. The maximum Gasteiger partial charge on any atom is 0.260 e. The van der Waals surface area contributed by atoms with E-state index in [1.165, 1.54) is 4.31 Å². The number of ether oxygens (including phenoxy) is 2. The molecule has 30 heavy (non-hydrogen) atoms. The Morgan fingerprint density at radius 2 is 1.77 bits per heavy atom. The first-order chi connectivity index (χ1) is 14.4. The van der Waals surface area contributed by atoms with E-state index in [-0.39, 0.29) is 17.4 Å². The average molecular weight is 433 g/mol. The van der Waals surface area contributed by atoms with Crippen LogP contribution in [0.1, 0.15) is 25.3 Å². The maximum absolute atomic E-state index is 12.5. The summed E-state index contributed by atoms with van der Waals surface area (Å²) in [5.41, 5.74) is 0.968. The molecule has 1 fully saturated rings. The van der Waals surface area contributed by atoms with Gasteiger partial charge in [0.15, 0.2) is 6.10 Å². The lowest BCUT2D eigenvalue weighted by molar-refractivity contribution is -0.127. The van der Waals surface area contributed by atoms with Crippen molar-refractivity contribution in [2.45, 2.75) is 37.7 Å². The van der Waals surface area contributed by atoms with Crippen LogP contribution in [0, 0.1) is 6.92 Å². The lowest BCUT2D eigenvalue weighted by Crippen LogP contribution is -2.38. The molecule has 3 rings (SSSR count). The number of para-hydroxylation sites is 1. The number of hydrogen-bond acceptors (Lipinski definition) is 5. The number of sulfonamides is 1. The van der Waals surface area contributed by atoms with Crippen molar-refractivity contribution < 1.29 is 22.7 Å². The highest BCUT2D eigenvalue weighted by molar-refractivity contribution is 7.89. The molecule has 0 spiro atoms. The lowest BCUT2D eigenvalue weighted by Gasteiger charge is -2.17. The van der Waals surface area contributed by atoms with Crippen LogP contribution in [0.4, 0.5) is 0 Å². The Bertz CT molecular complexity index is 954. The summed E-state index contributed by atoms with van der Waals surface area (Å²) in [6.07, 6.45) is 1.18. The number of carbonyl (C=O) groups excluding carboxylic acids is 1. The first kappa shape index (κ1) is 22.1. The van der Waals surface area contributed by atoms with Gasteiger partial charge in [-0.25, -0.2) is 8.42 Å². The molecule has 0 unspecified atom stereocenters. The van der Waals surface area contributed by atoms with Crippen LogP contribution in [-0.2, 0) is 14.8 Å². The molecule has 0 saturated carbocycles. The molecule has 1 atom stereocenters. The van der Waals surface area contributed by atoms with Crippen molar-refractivity contribution >= 4 is 15.9 Å². The number of benzene rings is 2. The van der Waals surface area contributed by atoms with Crippen molar-refractivity contribution in [2.24, 2.45) is 0 Å². The SMILES string of the molecule is Cc1ccccc1O[C@@H](C)C(=O)NCCOc1ccc(S(=O)(=O)N2CCCC2)cc1. The Morgan fingerprint density at radius 1 is 1.10 bits per heavy atom. The smallest absolute Gasteiger partial charge is 0.260 e. The summed E-state index contributed by atoms with van der Waals surface area (Å²) in [7, 11) is -3.42. The molecule has 8 heteroatoms. The average Bonchev–Trinajstić information content (AvgIpc) is 3.29. The number of hydrogen-bond donors (Lipinski definition) is 1. The van der Waals surface area contributed by atoms with E-state index in [0.29, 0.717) is 31.1 Å². The normalized spacial score (nSPS) is 15.5. The monoisotopic (exact) mass is 432 g/mol. The van der Waals surface area contributed by atoms with Gasteiger partial charge in [0.1, 0.15) is 18.1 Å². The number of carbonyl (C=O) groups is 1. The molecule has 1 heterocycles. The van der Waals surface area contributed by atoms with Crippen LogP contribution in [-0.4, -0.2) is 51.0 Å². The molecule has 1 saturated heterocycles. The van der Waals surface area contributed by atoms with Crippen molar-refractivity contribution in [3.8, 4) is 11.5 Å². The van der Waals surface area contributed by atoms with Crippen LogP contribution in [0.25, 0.3) is 0 Å². The highest BCUT2D eigenvalue weighted by Gasteiger charge is 2.26. The first-order valence-corrected chi connectivity index (χ1v) is 11.5. The van der Waals surface area contributed by atoms with Gasteiger partial charge in [0, 0.05) is 13.1 Å². The van der Waals surface area contributed by atoms with Gasteiger partial charge in [-0.05, 0) is 62.6 Å². The van der Waals surface area contributed by atoms with E-state index < -0.39 is 16.1 Å². The van der Waals surface area contributed by atoms with Gasteiger partial charge in [-0.15, -0.1) is 0 Å². The number of nitrogens with one attached hydrogen (secondary N) is 1. The third-order valence-electron chi connectivity index (χ3n) is 4.96. The van der Waals surface area contributed by atoms with E-state index in [1.807, 2.05) is 31.2 Å².